The molecule has 0 aromatic carbocycles. The summed E-state index contributed by atoms with van der Waals surface area (Å²) in [5, 5.41) is 3.37. The summed E-state index contributed by atoms with van der Waals surface area (Å²) < 4.78 is 0. The largest absolute Gasteiger partial charge is 0.389 e. The van der Waals surface area contributed by atoms with Crippen LogP contribution in [0.1, 0.15) is 52.9 Å². The van der Waals surface area contributed by atoms with E-state index in [-0.39, 0.29) is 0 Å². The molecule has 1 nitrogen and oxygen atoms in total. The van der Waals surface area contributed by atoms with Crippen molar-refractivity contribution in [2.24, 2.45) is 5.92 Å². The van der Waals surface area contributed by atoms with Crippen LogP contribution in [0.2, 0.25) is 0 Å². The molecule has 88 valence electrons. The molecule has 0 aromatic rings. The van der Waals surface area contributed by atoms with Crippen LogP contribution in [0.15, 0.2) is 24.4 Å². The van der Waals surface area contributed by atoms with Crippen molar-refractivity contribution in [2.45, 2.75) is 52.9 Å². The Hall–Kier alpha value is -0.720. The molecular formula is C14H27N. The lowest BCUT2D eigenvalue weighted by Crippen LogP contribution is -2.18. The summed E-state index contributed by atoms with van der Waals surface area (Å²) in [6.07, 6.45) is 10.5. The van der Waals surface area contributed by atoms with Crippen LogP contribution in [-0.4, -0.2) is 6.54 Å². The molecule has 0 aromatic heterocycles. The molecule has 0 unspecified atom stereocenters. The van der Waals surface area contributed by atoms with E-state index in [0.717, 1.165) is 13.0 Å². The van der Waals surface area contributed by atoms with Crippen molar-refractivity contribution in [3.05, 3.63) is 24.4 Å². The molecule has 0 fully saturated rings. The van der Waals surface area contributed by atoms with Crippen LogP contribution >= 0.6 is 0 Å². The number of hydrogen-bond acceptors (Lipinski definition) is 1. The lowest BCUT2D eigenvalue weighted by Gasteiger charge is -2.10. The molecule has 0 aliphatic rings. The fraction of sp³-hybridized carbons (Fsp3) is 0.714. The Labute approximate surface area is 95.7 Å². The van der Waals surface area contributed by atoms with Crippen molar-refractivity contribution in [2.75, 3.05) is 6.54 Å². The third-order valence-corrected chi connectivity index (χ3v) is 2.23. The van der Waals surface area contributed by atoms with Gasteiger partial charge in [-0.05, 0) is 31.6 Å². The summed E-state index contributed by atoms with van der Waals surface area (Å²) in [5.41, 5.74) is 1.19. The number of allylic oxidation sites excluding steroid dienone is 3. The highest BCUT2D eigenvalue weighted by atomic mass is 14.9. The van der Waals surface area contributed by atoms with Crippen LogP contribution < -0.4 is 5.32 Å². The summed E-state index contributed by atoms with van der Waals surface area (Å²) in [5.74, 6) is 0.700. The Morgan fingerprint density at radius 1 is 1.27 bits per heavy atom. The summed E-state index contributed by atoms with van der Waals surface area (Å²) in [4.78, 5) is 0. The van der Waals surface area contributed by atoms with Gasteiger partial charge < -0.3 is 5.32 Å². The minimum Gasteiger partial charge on any atom is -0.389 e. The Kier molecular flexibility index (Phi) is 9.35. The van der Waals surface area contributed by atoms with Gasteiger partial charge in [-0.25, -0.2) is 0 Å². The molecule has 0 atom stereocenters. The fourth-order valence-corrected chi connectivity index (χ4v) is 1.27. The van der Waals surface area contributed by atoms with Crippen molar-refractivity contribution in [1.82, 2.24) is 5.32 Å². The molecule has 0 aliphatic carbocycles. The molecule has 1 N–H and O–H groups in total. The van der Waals surface area contributed by atoms with Gasteiger partial charge >= 0.3 is 0 Å². The molecule has 0 spiro atoms. The summed E-state index contributed by atoms with van der Waals surface area (Å²) in [7, 11) is 0. The Balaban J connectivity index is 3.31. The van der Waals surface area contributed by atoms with Crippen molar-refractivity contribution < 1.29 is 0 Å². The van der Waals surface area contributed by atoms with Gasteiger partial charge in [0.1, 0.15) is 0 Å². The first-order valence-corrected chi connectivity index (χ1v) is 6.23. The molecule has 15 heavy (non-hydrogen) atoms. The van der Waals surface area contributed by atoms with E-state index in [1.807, 2.05) is 0 Å². The normalized spacial score (nSPS) is 11.2. The second-order valence-electron chi connectivity index (χ2n) is 4.53. The quantitative estimate of drug-likeness (QED) is 0.441. The topological polar surface area (TPSA) is 12.0 Å². The van der Waals surface area contributed by atoms with E-state index in [1.165, 1.54) is 31.4 Å². The molecule has 0 rings (SSSR count). The first-order valence-electron chi connectivity index (χ1n) is 6.23. The maximum Gasteiger partial charge on any atom is 0.0166 e. The van der Waals surface area contributed by atoms with Crippen LogP contribution in [0.25, 0.3) is 0 Å². The minimum absolute atomic E-state index is 0.700. The Morgan fingerprint density at radius 2 is 1.93 bits per heavy atom. The van der Waals surface area contributed by atoms with Gasteiger partial charge in [0, 0.05) is 12.2 Å². The van der Waals surface area contributed by atoms with Crippen LogP contribution in [-0.2, 0) is 0 Å². The van der Waals surface area contributed by atoms with Gasteiger partial charge in [0.2, 0.25) is 0 Å². The predicted molar refractivity (Wildman–Crippen MR) is 69.9 cm³/mol. The van der Waals surface area contributed by atoms with Gasteiger partial charge in [-0.3, -0.25) is 0 Å². The summed E-state index contributed by atoms with van der Waals surface area (Å²) in [6.45, 7) is 11.7. The average molecular weight is 209 g/mol. The smallest absolute Gasteiger partial charge is 0.0166 e. The second-order valence-corrected chi connectivity index (χ2v) is 4.53. The molecule has 0 radical (unpaired) electrons. The molecule has 0 heterocycles. The zero-order chi connectivity index (χ0) is 11.5. The predicted octanol–water partition coefficient (Wildman–Crippen LogP) is 4.27. The Bertz CT molecular complexity index is 180. The molecule has 0 bridgehead atoms. The van der Waals surface area contributed by atoms with Crippen LogP contribution in [0.4, 0.5) is 0 Å². The average Bonchev–Trinajstić information content (AvgIpc) is 2.20. The second kappa shape index (κ2) is 9.82. The van der Waals surface area contributed by atoms with Gasteiger partial charge in [-0.2, -0.15) is 0 Å². The summed E-state index contributed by atoms with van der Waals surface area (Å²) >= 11 is 0. The third kappa shape index (κ3) is 11.2. The SMILES string of the molecule is C=C(CCC/C=C\CCC)NCC(C)C. The molecule has 1 heteroatoms. The summed E-state index contributed by atoms with van der Waals surface area (Å²) in [6, 6.07) is 0. The van der Waals surface area contributed by atoms with Crippen molar-refractivity contribution in [3.8, 4) is 0 Å². The highest BCUT2D eigenvalue weighted by Crippen LogP contribution is 2.04. The minimum atomic E-state index is 0.700. The lowest BCUT2D eigenvalue weighted by molar-refractivity contribution is 0.581. The zero-order valence-corrected chi connectivity index (χ0v) is 10.7. The van der Waals surface area contributed by atoms with Crippen LogP contribution in [0.5, 0.6) is 0 Å². The van der Waals surface area contributed by atoms with E-state index in [2.05, 4.69) is 44.8 Å². The van der Waals surface area contributed by atoms with E-state index in [0.29, 0.717) is 5.92 Å². The first-order chi connectivity index (χ1) is 7.16. The number of rotatable bonds is 9. The molecule has 0 saturated carbocycles. The van der Waals surface area contributed by atoms with Crippen LogP contribution in [0, 0.1) is 5.92 Å². The van der Waals surface area contributed by atoms with E-state index >= 15 is 0 Å². The molecular weight excluding hydrogens is 182 g/mol. The number of nitrogens with one attached hydrogen (secondary N) is 1. The monoisotopic (exact) mass is 209 g/mol. The molecule has 0 amide bonds. The van der Waals surface area contributed by atoms with E-state index in [9.17, 15) is 0 Å². The first kappa shape index (κ1) is 14.3. The maximum atomic E-state index is 4.03. The highest BCUT2D eigenvalue weighted by molar-refractivity contribution is 4.92. The molecule has 0 aliphatic heterocycles. The number of hydrogen-bond donors (Lipinski definition) is 1. The third-order valence-electron chi connectivity index (χ3n) is 2.23. The fourth-order valence-electron chi connectivity index (χ4n) is 1.27. The van der Waals surface area contributed by atoms with Gasteiger partial charge in [-0.1, -0.05) is 45.9 Å². The van der Waals surface area contributed by atoms with E-state index in [4.69, 9.17) is 0 Å². The van der Waals surface area contributed by atoms with Gasteiger partial charge in [0.05, 0.1) is 0 Å². The lowest BCUT2D eigenvalue weighted by atomic mass is 10.1. The highest BCUT2D eigenvalue weighted by Gasteiger charge is 1.95. The molecule has 0 saturated heterocycles. The standard InChI is InChI=1S/C14H27N/c1-5-6-7-8-9-10-11-14(4)15-12-13(2)3/h7-8,13,15H,4-6,9-12H2,1-3H3/b8-7-. The van der Waals surface area contributed by atoms with Crippen molar-refractivity contribution >= 4 is 0 Å². The van der Waals surface area contributed by atoms with Crippen LogP contribution in [0.3, 0.4) is 0 Å². The van der Waals surface area contributed by atoms with E-state index < -0.39 is 0 Å². The van der Waals surface area contributed by atoms with Gasteiger partial charge in [-0.15, -0.1) is 0 Å². The van der Waals surface area contributed by atoms with Gasteiger partial charge in [0.15, 0.2) is 0 Å². The van der Waals surface area contributed by atoms with Gasteiger partial charge in [0.25, 0.3) is 0 Å². The Morgan fingerprint density at radius 3 is 2.53 bits per heavy atom. The van der Waals surface area contributed by atoms with Crippen molar-refractivity contribution in [3.63, 3.8) is 0 Å². The zero-order valence-electron chi connectivity index (χ0n) is 10.7. The van der Waals surface area contributed by atoms with Crippen molar-refractivity contribution in [1.29, 1.82) is 0 Å². The number of unbranched alkanes of at least 4 members (excludes halogenated alkanes) is 2. The van der Waals surface area contributed by atoms with E-state index in [1.54, 1.807) is 0 Å². The maximum absolute atomic E-state index is 4.03.